The van der Waals surface area contributed by atoms with Crippen LogP contribution in [0.5, 0.6) is 17.5 Å². The summed E-state index contributed by atoms with van der Waals surface area (Å²) in [6, 6.07) is 0. The lowest BCUT2D eigenvalue weighted by Crippen LogP contribution is -2.50. The molecule has 0 saturated heterocycles. The third-order valence-corrected chi connectivity index (χ3v) is 11.7. The molecule has 0 spiro atoms. The Bertz CT molecular complexity index is 2400. The van der Waals surface area contributed by atoms with Crippen molar-refractivity contribution >= 4 is 96.6 Å². The van der Waals surface area contributed by atoms with Gasteiger partial charge >= 0.3 is 3.18 Å². The van der Waals surface area contributed by atoms with E-state index >= 15 is 0 Å². The highest BCUT2D eigenvalue weighted by molar-refractivity contribution is 9.69. The zero-order chi connectivity index (χ0) is 53.9. The maximum absolute atomic E-state index is 11.6. The fourth-order valence-corrected chi connectivity index (χ4v) is 6.75. The van der Waals surface area contributed by atoms with E-state index in [1.165, 1.54) is 19.0 Å². The van der Waals surface area contributed by atoms with Gasteiger partial charge in [-0.05, 0) is 43.2 Å². The van der Waals surface area contributed by atoms with Crippen molar-refractivity contribution in [3.05, 3.63) is 64.6 Å². The largest absolute Gasteiger partial charge is 0.493 e. The van der Waals surface area contributed by atoms with Crippen LogP contribution in [0.3, 0.4) is 0 Å². The fourth-order valence-electron chi connectivity index (χ4n) is 6.54. The van der Waals surface area contributed by atoms with Crippen LogP contribution < -0.4 is 25.5 Å². The average Bonchev–Trinajstić information content (AvgIpc) is 4.12. The van der Waals surface area contributed by atoms with Gasteiger partial charge in [0.1, 0.15) is 42.7 Å². The molecule has 5 aromatic rings. The van der Waals surface area contributed by atoms with Crippen LogP contribution in [0.25, 0.3) is 27.6 Å². The third kappa shape index (κ3) is 18.8. The monoisotopic (exact) mass is 1250 g/mol. The first kappa shape index (κ1) is 65.3. The van der Waals surface area contributed by atoms with Gasteiger partial charge in [0.15, 0.2) is 5.75 Å². The molecule has 0 bridgehead atoms. The second-order valence-electron chi connectivity index (χ2n) is 16.0. The Morgan fingerprint density at radius 1 is 0.681 bits per heavy atom. The maximum atomic E-state index is 11.6. The molecule has 0 fully saturated rings. The first-order chi connectivity index (χ1) is 34.5. The first-order valence-corrected chi connectivity index (χ1v) is 26.2. The predicted octanol–water partition coefficient (Wildman–Crippen LogP) is 0.667. The van der Waals surface area contributed by atoms with Gasteiger partial charge in [-0.15, -0.1) is 65.8 Å². The lowest BCUT2D eigenvalue weighted by molar-refractivity contribution is -0.000326. The Labute approximate surface area is 446 Å². The van der Waals surface area contributed by atoms with Crippen molar-refractivity contribution in [1.29, 1.82) is 0 Å². The summed E-state index contributed by atoms with van der Waals surface area (Å²) in [5.74, 6) is 1.63. The van der Waals surface area contributed by atoms with Gasteiger partial charge in [-0.2, -0.15) is 9.97 Å². The highest BCUT2D eigenvalue weighted by Crippen LogP contribution is 2.34. The van der Waals surface area contributed by atoms with Crippen molar-refractivity contribution in [2.45, 2.75) is 51.1 Å². The summed E-state index contributed by atoms with van der Waals surface area (Å²) in [5.41, 5.74) is 8.14. The van der Waals surface area contributed by atoms with Gasteiger partial charge in [-0.3, -0.25) is 4.79 Å². The second kappa shape index (κ2) is 33.9. The van der Waals surface area contributed by atoms with Crippen molar-refractivity contribution in [2.75, 3.05) is 93.5 Å². The molecule has 6 rings (SSSR count). The van der Waals surface area contributed by atoms with E-state index in [-0.39, 0.29) is 48.4 Å². The number of aliphatic hydroxyl groups is 9. The van der Waals surface area contributed by atoms with Gasteiger partial charge in [0.25, 0.3) is 5.56 Å². The second-order valence-corrected chi connectivity index (χ2v) is 23.1. The lowest BCUT2D eigenvalue weighted by Gasteiger charge is -2.27. The van der Waals surface area contributed by atoms with Crippen LogP contribution in [-0.4, -0.2) is 187 Å². The van der Waals surface area contributed by atoms with E-state index in [9.17, 15) is 35.4 Å². The number of aromatic nitrogens is 8. The molecule has 0 amide bonds. The zero-order valence-corrected chi connectivity index (χ0v) is 47.3. The minimum absolute atomic E-state index is 0.131. The summed E-state index contributed by atoms with van der Waals surface area (Å²) >= 11 is 9.31. The Balaban J connectivity index is 0.000000336. The van der Waals surface area contributed by atoms with Crippen molar-refractivity contribution in [3.63, 3.8) is 0 Å². The number of fused-ring (bicyclic) bond motifs is 3. The van der Waals surface area contributed by atoms with Crippen LogP contribution >= 0.6 is 65.8 Å². The molecule has 0 saturated carbocycles. The van der Waals surface area contributed by atoms with Gasteiger partial charge in [-0.25, -0.2) is 15.0 Å². The molecular formula is C42H67BBr3N9O15P2. The van der Waals surface area contributed by atoms with Crippen LogP contribution in [0.1, 0.15) is 36.1 Å². The van der Waals surface area contributed by atoms with Gasteiger partial charge in [0, 0.05) is 22.6 Å². The quantitative estimate of drug-likeness (QED) is 0.0299. The number of nitrogens with two attached hydrogens (primary N) is 1. The Morgan fingerprint density at radius 2 is 1.14 bits per heavy atom. The standard InChI is InChI=1S/C15H24N3O5P.C13H18N2O4.C10H14N3O3P.C4H11NO3.BBr3/c1-22-14-13-12(16-8-17-14)11(4-18(13)9-23-10-24)2-3-15(5-19,6-20)7-21;16-5-13(6-17,7-18)4-3-9-1-2-10-11(9)14-8-15-12(10)19;1-14-7-3-13(5-16-6-17)9-8(7)11-4-12-10(9)15-2;5-4(1-6,2-7)3-8;2-1(3)4/h4,8,19-21H,2-3,5-7,9-10,24H2,1H3;1,8,16-18H,2-7H2,(H,14,15,19);3-4H,5-6,17H2,1-2H3;6-8H,1-3,5H2;. The molecule has 12 N–H and O–H groups in total. The van der Waals surface area contributed by atoms with Crippen LogP contribution in [0.4, 0.5) is 0 Å². The molecule has 0 radical (unpaired) electrons. The number of allylic oxidation sites excluding steroid dienone is 2. The molecule has 1 aliphatic rings. The van der Waals surface area contributed by atoms with Crippen molar-refractivity contribution in [1.82, 2.24) is 39.0 Å². The van der Waals surface area contributed by atoms with Crippen molar-refractivity contribution < 1.29 is 69.6 Å². The number of hydrogen-bond acceptors (Lipinski definition) is 21. The number of halogens is 3. The van der Waals surface area contributed by atoms with Crippen LogP contribution in [0.2, 0.25) is 0 Å². The molecule has 0 aromatic carbocycles. The smallest absolute Gasteiger partial charge is 0.369 e. The van der Waals surface area contributed by atoms with E-state index in [0.29, 0.717) is 92.5 Å². The summed E-state index contributed by atoms with van der Waals surface area (Å²) in [7, 11) is 9.71. The molecule has 30 heteroatoms. The summed E-state index contributed by atoms with van der Waals surface area (Å²) in [6.45, 7) is -2.16. The van der Waals surface area contributed by atoms with E-state index in [1.807, 2.05) is 27.6 Å². The minimum Gasteiger partial charge on any atom is -0.493 e. The molecule has 72 heavy (non-hydrogen) atoms. The predicted molar refractivity (Wildman–Crippen MR) is 288 cm³/mol. The normalized spacial score (nSPS) is 12.1. The topological polar surface area (TPSA) is 361 Å². The lowest BCUT2D eigenvalue weighted by atomic mass is 9.84. The number of methoxy groups -OCH3 is 3. The fraction of sp³-hybridized carbons (Fsp3) is 0.571. The molecule has 5 aromatic heterocycles. The average molecular weight is 1250 g/mol. The summed E-state index contributed by atoms with van der Waals surface area (Å²) in [5, 5.41) is 81.3. The van der Waals surface area contributed by atoms with Crippen LogP contribution in [-0.2, 0) is 35.8 Å². The molecule has 2 unspecified atom stereocenters. The molecule has 5 heterocycles. The molecule has 404 valence electrons. The van der Waals surface area contributed by atoms with Gasteiger partial charge in [0.2, 0.25) is 11.8 Å². The Morgan fingerprint density at radius 3 is 1.57 bits per heavy atom. The zero-order valence-electron chi connectivity index (χ0n) is 40.2. The van der Waals surface area contributed by atoms with Crippen molar-refractivity contribution in [3.8, 4) is 17.5 Å². The molecule has 24 nitrogen and oxygen atoms in total. The maximum Gasteiger partial charge on any atom is 0.369 e. The van der Waals surface area contributed by atoms with Crippen LogP contribution in [0.15, 0.2) is 42.2 Å². The van der Waals surface area contributed by atoms with Crippen LogP contribution in [0, 0.1) is 10.8 Å². The number of aromatic amines is 1. The summed E-state index contributed by atoms with van der Waals surface area (Å²) in [6.07, 6.45) is 13.5. The number of aryl methyl sites for hydroxylation is 1. The number of nitrogens with zero attached hydrogens (tertiary/aromatic N) is 7. The van der Waals surface area contributed by atoms with E-state index < -0.39 is 36.2 Å². The molecular weight excluding hydrogens is 1180 g/mol. The van der Waals surface area contributed by atoms with Gasteiger partial charge in [0.05, 0.1) is 123 Å². The van der Waals surface area contributed by atoms with E-state index in [0.717, 1.165) is 27.7 Å². The number of rotatable bonds is 24. The summed E-state index contributed by atoms with van der Waals surface area (Å²) < 4.78 is 30.6. The Kier molecular flexibility index (Phi) is 30.8. The van der Waals surface area contributed by atoms with E-state index in [2.05, 4.69) is 95.7 Å². The Hall–Kier alpha value is -2.86. The van der Waals surface area contributed by atoms with E-state index in [4.69, 9.17) is 44.7 Å². The highest BCUT2D eigenvalue weighted by atomic mass is 79.9. The molecule has 2 atom stereocenters. The van der Waals surface area contributed by atoms with E-state index in [1.54, 1.807) is 21.3 Å². The minimum atomic E-state index is -1.21. The van der Waals surface area contributed by atoms with Gasteiger partial charge in [-0.1, -0.05) is 6.08 Å². The number of nitrogens with one attached hydrogen (secondary N) is 1. The van der Waals surface area contributed by atoms with Crippen molar-refractivity contribution in [2.24, 2.45) is 16.6 Å². The number of hydrogen-bond donors (Lipinski definition) is 11. The number of H-pyrrole nitrogens is 1. The molecule has 1 aliphatic carbocycles. The third-order valence-electron chi connectivity index (χ3n) is 11.2. The number of aliphatic hydroxyl groups excluding tert-OH is 9. The molecule has 0 aliphatic heterocycles. The SMILES string of the molecule is BrB(Br)Br.COc1cn(COCP)c2c(OC)ncnc12.COc1ncnc2c(CCC(CO)(CO)CO)cn(COCP)c12.NC(CO)(CO)CO.O=c1[nH]cnc2c1CC=C2CCC(CO)(CO)CO. The highest BCUT2D eigenvalue weighted by Gasteiger charge is 2.31. The first-order valence-electron chi connectivity index (χ1n) is 21.8. The summed E-state index contributed by atoms with van der Waals surface area (Å²) in [4.78, 5) is 35.0. The van der Waals surface area contributed by atoms with Gasteiger partial charge < -0.3 is 89.5 Å². The number of ether oxygens (including phenoxy) is 5.